The minimum atomic E-state index is 0.544. The molecule has 0 unspecified atom stereocenters. The van der Waals surface area contributed by atoms with Crippen LogP contribution in [-0.2, 0) is 6.54 Å². The quantitative estimate of drug-likeness (QED) is 0.663. The second-order valence-corrected chi connectivity index (χ2v) is 2.83. The van der Waals surface area contributed by atoms with Crippen molar-refractivity contribution in [2.24, 2.45) is 5.73 Å². The van der Waals surface area contributed by atoms with E-state index in [9.17, 15) is 0 Å². The number of fused-ring (bicyclic) bond motifs is 1. The third kappa shape index (κ3) is 0.905. The Kier molecular flexibility index (Phi) is 1.59. The summed E-state index contributed by atoms with van der Waals surface area (Å²) in [7, 11) is 0. The van der Waals surface area contributed by atoms with Gasteiger partial charge in [0.1, 0.15) is 5.65 Å². The Bertz CT molecular complexity index is 403. The van der Waals surface area contributed by atoms with E-state index in [1.807, 2.05) is 12.1 Å². The highest BCUT2D eigenvalue weighted by Crippen LogP contribution is 2.18. The Hall–Kier alpha value is -1.35. The van der Waals surface area contributed by atoms with Gasteiger partial charge in [0.15, 0.2) is 0 Å². The fraction of sp³-hybridized carbons (Fsp3) is 0.222. The number of hydrogen-bond donors (Lipinski definition) is 2. The molecule has 2 aromatic rings. The molecule has 0 aliphatic heterocycles. The van der Waals surface area contributed by atoms with Crippen molar-refractivity contribution in [3.05, 3.63) is 29.6 Å². The molecule has 2 heterocycles. The summed E-state index contributed by atoms with van der Waals surface area (Å²) in [5.74, 6) is 0. The van der Waals surface area contributed by atoms with E-state index in [0.717, 1.165) is 16.7 Å². The molecule has 0 bridgehead atoms. The van der Waals surface area contributed by atoms with Crippen molar-refractivity contribution in [3.63, 3.8) is 0 Å². The Morgan fingerprint density at radius 2 is 2.42 bits per heavy atom. The van der Waals surface area contributed by atoms with Crippen LogP contribution < -0.4 is 5.73 Å². The van der Waals surface area contributed by atoms with Crippen molar-refractivity contribution in [3.8, 4) is 0 Å². The Labute approximate surface area is 70.6 Å². The molecule has 0 radical (unpaired) electrons. The van der Waals surface area contributed by atoms with Gasteiger partial charge in [0.25, 0.3) is 0 Å². The molecule has 0 spiro atoms. The maximum Gasteiger partial charge on any atom is 0.137 e. The molecule has 0 aliphatic carbocycles. The van der Waals surface area contributed by atoms with E-state index in [2.05, 4.69) is 16.9 Å². The van der Waals surface area contributed by atoms with E-state index in [1.54, 1.807) is 6.20 Å². The number of aromatic amines is 1. The summed E-state index contributed by atoms with van der Waals surface area (Å²) < 4.78 is 0. The molecule has 2 rings (SSSR count). The number of aromatic nitrogens is 2. The molecule has 3 heteroatoms. The third-order valence-corrected chi connectivity index (χ3v) is 2.14. The third-order valence-electron chi connectivity index (χ3n) is 2.14. The van der Waals surface area contributed by atoms with E-state index >= 15 is 0 Å². The predicted molar refractivity (Wildman–Crippen MR) is 48.7 cm³/mol. The Morgan fingerprint density at radius 3 is 3.08 bits per heavy atom. The number of nitrogens with two attached hydrogens (primary N) is 1. The molecule has 0 atom stereocenters. The highest BCUT2D eigenvalue weighted by molar-refractivity contribution is 5.80. The number of nitrogens with one attached hydrogen (secondary N) is 1. The minimum Gasteiger partial charge on any atom is -0.342 e. The average Bonchev–Trinajstić information content (AvgIpc) is 2.44. The van der Waals surface area contributed by atoms with Crippen molar-refractivity contribution < 1.29 is 0 Å². The maximum absolute atomic E-state index is 5.56. The first-order valence-electron chi connectivity index (χ1n) is 3.95. The first-order valence-corrected chi connectivity index (χ1v) is 3.95. The molecule has 2 aromatic heterocycles. The standard InChI is InChI=1S/C9H11N3/c1-6-7-3-2-4-11-9(7)12-8(6)5-10/h2-4H,5,10H2,1H3,(H,11,12). The molecule has 0 saturated carbocycles. The summed E-state index contributed by atoms with van der Waals surface area (Å²) in [6.07, 6.45) is 1.78. The topological polar surface area (TPSA) is 54.7 Å². The van der Waals surface area contributed by atoms with Crippen LogP contribution in [0, 0.1) is 6.92 Å². The number of pyridine rings is 1. The molecule has 3 nitrogen and oxygen atoms in total. The molecule has 0 aliphatic rings. The van der Waals surface area contributed by atoms with E-state index in [4.69, 9.17) is 5.73 Å². The first-order chi connectivity index (χ1) is 5.83. The predicted octanol–water partition coefficient (Wildman–Crippen LogP) is 1.33. The van der Waals surface area contributed by atoms with E-state index in [1.165, 1.54) is 5.56 Å². The van der Waals surface area contributed by atoms with Gasteiger partial charge in [-0.05, 0) is 24.6 Å². The number of H-pyrrole nitrogens is 1. The lowest BCUT2D eigenvalue weighted by Gasteiger charge is -1.91. The van der Waals surface area contributed by atoms with Crippen LogP contribution in [0.25, 0.3) is 11.0 Å². The normalized spacial score (nSPS) is 10.8. The Balaban J connectivity index is 2.78. The van der Waals surface area contributed by atoms with Crippen LogP contribution in [0.2, 0.25) is 0 Å². The summed E-state index contributed by atoms with van der Waals surface area (Å²) in [4.78, 5) is 7.38. The van der Waals surface area contributed by atoms with Crippen LogP contribution in [0.1, 0.15) is 11.3 Å². The summed E-state index contributed by atoms with van der Waals surface area (Å²) in [5.41, 5.74) is 8.76. The average molecular weight is 161 g/mol. The van der Waals surface area contributed by atoms with Crippen LogP contribution in [0.15, 0.2) is 18.3 Å². The first kappa shape index (κ1) is 7.31. The van der Waals surface area contributed by atoms with Gasteiger partial charge in [-0.15, -0.1) is 0 Å². The molecule has 12 heavy (non-hydrogen) atoms. The van der Waals surface area contributed by atoms with Gasteiger partial charge in [0.05, 0.1) is 0 Å². The zero-order valence-electron chi connectivity index (χ0n) is 6.96. The van der Waals surface area contributed by atoms with Gasteiger partial charge in [0, 0.05) is 23.8 Å². The molecule has 0 fully saturated rings. The lowest BCUT2D eigenvalue weighted by Crippen LogP contribution is -1.97. The van der Waals surface area contributed by atoms with Gasteiger partial charge in [-0.1, -0.05) is 0 Å². The molecule has 0 saturated heterocycles. The van der Waals surface area contributed by atoms with Gasteiger partial charge in [-0.3, -0.25) is 0 Å². The molecular weight excluding hydrogens is 150 g/mol. The maximum atomic E-state index is 5.56. The molecule has 0 aromatic carbocycles. The van der Waals surface area contributed by atoms with Crippen LogP contribution in [0.3, 0.4) is 0 Å². The van der Waals surface area contributed by atoms with Gasteiger partial charge in [0.2, 0.25) is 0 Å². The minimum absolute atomic E-state index is 0.544. The SMILES string of the molecule is Cc1c(CN)[nH]c2ncccc12. The number of aryl methyl sites for hydroxylation is 1. The summed E-state index contributed by atoms with van der Waals surface area (Å²) >= 11 is 0. The van der Waals surface area contributed by atoms with Crippen LogP contribution >= 0.6 is 0 Å². The molecule has 0 amide bonds. The van der Waals surface area contributed by atoms with Gasteiger partial charge < -0.3 is 10.7 Å². The smallest absolute Gasteiger partial charge is 0.137 e. The lowest BCUT2D eigenvalue weighted by atomic mass is 10.2. The van der Waals surface area contributed by atoms with E-state index < -0.39 is 0 Å². The second-order valence-electron chi connectivity index (χ2n) is 2.83. The van der Waals surface area contributed by atoms with Gasteiger partial charge >= 0.3 is 0 Å². The van der Waals surface area contributed by atoms with Crippen molar-refractivity contribution in [2.45, 2.75) is 13.5 Å². The van der Waals surface area contributed by atoms with E-state index in [-0.39, 0.29) is 0 Å². The van der Waals surface area contributed by atoms with Crippen molar-refractivity contribution in [2.75, 3.05) is 0 Å². The van der Waals surface area contributed by atoms with Crippen molar-refractivity contribution in [1.29, 1.82) is 0 Å². The van der Waals surface area contributed by atoms with Crippen molar-refractivity contribution >= 4 is 11.0 Å². The van der Waals surface area contributed by atoms with Gasteiger partial charge in [-0.25, -0.2) is 4.98 Å². The van der Waals surface area contributed by atoms with Gasteiger partial charge in [-0.2, -0.15) is 0 Å². The number of rotatable bonds is 1. The molecule has 3 N–H and O–H groups in total. The number of hydrogen-bond acceptors (Lipinski definition) is 2. The zero-order chi connectivity index (χ0) is 8.55. The summed E-state index contributed by atoms with van der Waals surface area (Å²) in [5, 5.41) is 1.16. The fourth-order valence-electron chi connectivity index (χ4n) is 1.41. The molecule has 62 valence electrons. The van der Waals surface area contributed by atoms with Crippen LogP contribution in [-0.4, -0.2) is 9.97 Å². The Morgan fingerprint density at radius 1 is 1.58 bits per heavy atom. The highest BCUT2D eigenvalue weighted by atomic mass is 14.9. The summed E-state index contributed by atoms with van der Waals surface area (Å²) in [6, 6.07) is 3.98. The highest BCUT2D eigenvalue weighted by Gasteiger charge is 2.04. The summed E-state index contributed by atoms with van der Waals surface area (Å²) in [6.45, 7) is 2.60. The van der Waals surface area contributed by atoms with Crippen LogP contribution in [0.4, 0.5) is 0 Å². The van der Waals surface area contributed by atoms with Crippen LogP contribution in [0.5, 0.6) is 0 Å². The number of nitrogens with zero attached hydrogens (tertiary/aromatic N) is 1. The fourth-order valence-corrected chi connectivity index (χ4v) is 1.41. The second kappa shape index (κ2) is 2.60. The van der Waals surface area contributed by atoms with Crippen molar-refractivity contribution in [1.82, 2.24) is 9.97 Å². The largest absolute Gasteiger partial charge is 0.342 e. The monoisotopic (exact) mass is 161 g/mol. The molecular formula is C9H11N3. The lowest BCUT2D eigenvalue weighted by molar-refractivity contribution is 0.999. The van der Waals surface area contributed by atoms with E-state index in [0.29, 0.717) is 6.54 Å². The zero-order valence-corrected chi connectivity index (χ0v) is 6.96.